The van der Waals surface area contributed by atoms with Gasteiger partial charge in [0.25, 0.3) is 5.91 Å². The minimum atomic E-state index is -0.925. The molecule has 1 aromatic heterocycles. The van der Waals surface area contributed by atoms with Crippen LogP contribution in [0.4, 0.5) is 16.4 Å². The van der Waals surface area contributed by atoms with Crippen molar-refractivity contribution in [3.63, 3.8) is 0 Å². The maximum atomic E-state index is 13.5. The maximum Gasteiger partial charge on any atom is 0.325 e. The van der Waals surface area contributed by atoms with Gasteiger partial charge >= 0.3 is 6.03 Å². The van der Waals surface area contributed by atoms with Gasteiger partial charge in [-0.3, -0.25) is 19.4 Å². The van der Waals surface area contributed by atoms with Crippen LogP contribution in [0.1, 0.15) is 46.5 Å². The molecule has 2 fully saturated rings. The zero-order valence-electron chi connectivity index (χ0n) is 20.3. The molecule has 2 aromatic rings. The van der Waals surface area contributed by atoms with Gasteiger partial charge in [0.15, 0.2) is 11.6 Å². The molecule has 1 aliphatic carbocycles. The molecule has 5 rings (SSSR count). The van der Waals surface area contributed by atoms with Crippen LogP contribution in [0.15, 0.2) is 24.3 Å². The normalized spacial score (nSPS) is 26.6. The minimum Gasteiger partial charge on any atom is -0.357 e. The molecule has 1 saturated heterocycles. The van der Waals surface area contributed by atoms with Gasteiger partial charge in [0.2, 0.25) is 5.91 Å². The third-order valence-electron chi connectivity index (χ3n) is 7.25. The summed E-state index contributed by atoms with van der Waals surface area (Å²) in [4.78, 5) is 54.2. The number of anilines is 2. The highest BCUT2D eigenvalue weighted by atomic mass is 16.2. The fourth-order valence-corrected chi connectivity index (χ4v) is 6.21. The summed E-state index contributed by atoms with van der Waals surface area (Å²) >= 11 is 0. The van der Waals surface area contributed by atoms with Gasteiger partial charge in [-0.05, 0) is 49.1 Å². The summed E-state index contributed by atoms with van der Waals surface area (Å²) in [5.74, 6) is 0.784. The summed E-state index contributed by atoms with van der Waals surface area (Å²) in [6.07, 6.45) is 2.91. The van der Waals surface area contributed by atoms with E-state index in [0.29, 0.717) is 42.5 Å². The first kappa shape index (κ1) is 22.6. The third kappa shape index (κ3) is 3.76. The van der Waals surface area contributed by atoms with Gasteiger partial charge in [0.05, 0.1) is 11.0 Å². The summed E-state index contributed by atoms with van der Waals surface area (Å²) in [7, 11) is 1.93. The number of fused-ring (bicyclic) bond motifs is 2. The summed E-state index contributed by atoms with van der Waals surface area (Å²) in [6, 6.07) is 7.06. The van der Waals surface area contributed by atoms with Crippen LogP contribution < -0.4 is 15.1 Å². The molecule has 3 heterocycles. The Balaban J connectivity index is 1.43. The standard InChI is InChI=1S/C25H32N6O3/c1-16-12-24(2,3)15-25(13-16)22(33)31(23(34)28-25)14-19(32)30-11-7-10-29(4)20-21(30)27-18-9-6-5-8-17(18)26-20/h5-6,8-9,16H,7,10-15H2,1-4H3,(H,28,34)/t16-,25+/m0/s1. The Morgan fingerprint density at radius 1 is 1.09 bits per heavy atom. The van der Waals surface area contributed by atoms with Gasteiger partial charge in [0, 0.05) is 20.1 Å². The van der Waals surface area contributed by atoms with E-state index in [2.05, 4.69) is 26.1 Å². The lowest BCUT2D eigenvalue weighted by Crippen LogP contribution is -2.54. The number of hydrogen-bond donors (Lipinski definition) is 1. The van der Waals surface area contributed by atoms with Crippen LogP contribution in [0, 0.1) is 11.3 Å². The largest absolute Gasteiger partial charge is 0.357 e. The molecule has 9 heteroatoms. The zero-order chi connectivity index (χ0) is 24.3. The predicted molar refractivity (Wildman–Crippen MR) is 130 cm³/mol. The number of carbonyl (C=O) groups excluding carboxylic acids is 3. The first-order valence-electron chi connectivity index (χ1n) is 12.0. The fourth-order valence-electron chi connectivity index (χ4n) is 6.21. The average Bonchev–Trinajstić information content (AvgIpc) is 2.88. The number of nitrogens with zero attached hydrogens (tertiary/aromatic N) is 5. The Bertz CT molecular complexity index is 1180. The van der Waals surface area contributed by atoms with Gasteiger partial charge in [-0.1, -0.05) is 32.9 Å². The van der Waals surface area contributed by atoms with E-state index in [9.17, 15) is 14.4 Å². The van der Waals surface area contributed by atoms with Gasteiger partial charge in [-0.15, -0.1) is 0 Å². The Morgan fingerprint density at radius 3 is 2.44 bits per heavy atom. The van der Waals surface area contributed by atoms with E-state index in [4.69, 9.17) is 9.97 Å². The highest BCUT2D eigenvalue weighted by Crippen LogP contribution is 2.46. The van der Waals surface area contributed by atoms with Gasteiger partial charge in [0.1, 0.15) is 12.1 Å². The van der Waals surface area contributed by atoms with Crippen molar-refractivity contribution in [2.45, 2.75) is 52.0 Å². The molecule has 34 heavy (non-hydrogen) atoms. The van der Waals surface area contributed by atoms with Crippen LogP contribution in [0.25, 0.3) is 11.0 Å². The number of hydrogen-bond acceptors (Lipinski definition) is 6. The van der Waals surface area contributed by atoms with Crippen LogP contribution in [-0.2, 0) is 9.59 Å². The lowest BCUT2D eigenvalue weighted by molar-refractivity contribution is -0.137. The molecule has 0 bridgehead atoms. The van der Waals surface area contributed by atoms with Crippen molar-refractivity contribution in [2.75, 3.05) is 36.5 Å². The van der Waals surface area contributed by atoms with E-state index < -0.39 is 11.6 Å². The topological polar surface area (TPSA) is 98.7 Å². The number of amides is 4. The summed E-state index contributed by atoms with van der Waals surface area (Å²) in [6.45, 7) is 7.24. The molecule has 4 amide bonds. The van der Waals surface area contributed by atoms with Crippen LogP contribution >= 0.6 is 0 Å². The molecular weight excluding hydrogens is 432 g/mol. The van der Waals surface area contributed by atoms with Crippen LogP contribution in [0.3, 0.4) is 0 Å². The highest BCUT2D eigenvalue weighted by molar-refractivity contribution is 6.10. The summed E-state index contributed by atoms with van der Waals surface area (Å²) in [5.41, 5.74) is 0.464. The quantitative estimate of drug-likeness (QED) is 0.686. The number of carbonyl (C=O) groups is 3. The van der Waals surface area contributed by atoms with E-state index >= 15 is 0 Å². The summed E-state index contributed by atoms with van der Waals surface area (Å²) < 4.78 is 0. The lowest BCUT2D eigenvalue weighted by atomic mass is 9.64. The van der Waals surface area contributed by atoms with Crippen molar-refractivity contribution in [3.05, 3.63) is 24.3 Å². The monoisotopic (exact) mass is 464 g/mol. The predicted octanol–water partition coefficient (Wildman–Crippen LogP) is 2.94. The molecule has 3 aliphatic rings. The lowest BCUT2D eigenvalue weighted by Gasteiger charge is -2.43. The second-order valence-electron chi connectivity index (χ2n) is 10.9. The third-order valence-corrected chi connectivity index (χ3v) is 7.25. The Labute approximate surface area is 199 Å². The zero-order valence-corrected chi connectivity index (χ0v) is 20.3. The Kier molecular flexibility index (Phi) is 5.26. The molecular formula is C25H32N6O3. The van der Waals surface area contributed by atoms with Gasteiger partial charge < -0.3 is 10.2 Å². The number of aromatic nitrogens is 2. The van der Waals surface area contributed by atoms with E-state index in [1.54, 1.807) is 4.90 Å². The average molecular weight is 465 g/mol. The number of imide groups is 1. The van der Waals surface area contributed by atoms with Crippen molar-refractivity contribution >= 4 is 40.5 Å². The van der Waals surface area contributed by atoms with Gasteiger partial charge in [-0.25, -0.2) is 14.8 Å². The first-order valence-corrected chi connectivity index (χ1v) is 12.0. The smallest absolute Gasteiger partial charge is 0.325 e. The molecule has 1 N–H and O–H groups in total. The van der Waals surface area contributed by atoms with Crippen molar-refractivity contribution in [2.24, 2.45) is 11.3 Å². The molecule has 0 unspecified atom stereocenters. The Hall–Kier alpha value is -3.23. The van der Waals surface area contributed by atoms with Crippen LogP contribution in [0.5, 0.6) is 0 Å². The molecule has 2 aliphatic heterocycles. The van der Waals surface area contributed by atoms with Crippen molar-refractivity contribution in [3.8, 4) is 0 Å². The number of rotatable bonds is 2. The molecule has 0 radical (unpaired) electrons. The second kappa shape index (κ2) is 7.92. The van der Waals surface area contributed by atoms with Crippen LogP contribution in [0.2, 0.25) is 0 Å². The number of para-hydroxylation sites is 2. The number of urea groups is 1. The van der Waals surface area contributed by atoms with Crippen molar-refractivity contribution in [1.29, 1.82) is 0 Å². The number of benzene rings is 1. The van der Waals surface area contributed by atoms with E-state index in [-0.39, 0.29) is 23.8 Å². The molecule has 180 valence electrons. The summed E-state index contributed by atoms with van der Waals surface area (Å²) in [5, 5.41) is 2.96. The van der Waals surface area contributed by atoms with E-state index in [0.717, 1.165) is 29.8 Å². The minimum absolute atomic E-state index is 0.0639. The van der Waals surface area contributed by atoms with Gasteiger partial charge in [-0.2, -0.15) is 0 Å². The van der Waals surface area contributed by atoms with Crippen molar-refractivity contribution < 1.29 is 14.4 Å². The highest BCUT2D eigenvalue weighted by Gasteiger charge is 2.56. The number of nitrogens with one attached hydrogen (secondary N) is 1. The Morgan fingerprint density at radius 2 is 1.76 bits per heavy atom. The molecule has 1 aromatic carbocycles. The maximum absolute atomic E-state index is 13.5. The van der Waals surface area contributed by atoms with Crippen molar-refractivity contribution in [1.82, 2.24) is 20.2 Å². The first-order chi connectivity index (χ1) is 16.1. The van der Waals surface area contributed by atoms with E-state index in [1.807, 2.05) is 36.2 Å². The van der Waals surface area contributed by atoms with E-state index in [1.165, 1.54) is 0 Å². The molecule has 1 spiro atoms. The van der Waals surface area contributed by atoms with Crippen LogP contribution in [-0.4, -0.2) is 64.9 Å². The SMILES string of the molecule is C[C@H]1CC(C)(C)C[C@@]2(C1)NC(=O)N(CC(=O)N1CCCN(C)c3nc4ccccc4nc31)C2=O. The second-order valence-corrected chi connectivity index (χ2v) is 10.9. The fraction of sp³-hybridized carbons (Fsp3) is 0.560. The molecule has 1 saturated carbocycles. The molecule has 2 atom stereocenters. The molecule has 9 nitrogen and oxygen atoms in total.